The van der Waals surface area contributed by atoms with E-state index in [9.17, 15) is 15.0 Å². The number of esters is 1. The number of hydrogen-bond acceptors (Lipinski definition) is 5. The summed E-state index contributed by atoms with van der Waals surface area (Å²) in [5.41, 5.74) is 7.44. The molecule has 5 heteroatoms. The molecule has 0 radical (unpaired) electrons. The lowest BCUT2D eigenvalue weighted by atomic mass is 9.49. The summed E-state index contributed by atoms with van der Waals surface area (Å²) in [6.45, 7) is 8.21. The summed E-state index contributed by atoms with van der Waals surface area (Å²) in [7, 11) is 0. The zero-order valence-electron chi connectivity index (χ0n) is 15.3. The van der Waals surface area contributed by atoms with Gasteiger partial charge in [-0.25, -0.2) is 0 Å². The Morgan fingerprint density at radius 2 is 1.92 bits per heavy atom. The van der Waals surface area contributed by atoms with Crippen molar-refractivity contribution in [3.63, 3.8) is 0 Å². The van der Waals surface area contributed by atoms with Crippen LogP contribution >= 0.6 is 0 Å². The first-order valence-electron chi connectivity index (χ1n) is 9.19. The summed E-state index contributed by atoms with van der Waals surface area (Å²) < 4.78 is 5.79. The summed E-state index contributed by atoms with van der Waals surface area (Å²) in [4.78, 5) is 13.0. The van der Waals surface area contributed by atoms with Crippen molar-refractivity contribution in [2.75, 3.05) is 0 Å². The number of ether oxygens (including phenoxy) is 1. The number of phenols is 2. The molecule has 4 N–H and O–H groups in total. The van der Waals surface area contributed by atoms with E-state index in [0.717, 1.165) is 18.4 Å². The molecule has 25 heavy (non-hydrogen) atoms. The van der Waals surface area contributed by atoms with Crippen LogP contribution in [0.4, 0.5) is 0 Å². The SMILES string of the molecule is CC(C)c1cc2c(c(O)c1O)C13CCCC(C)(C)C1C(OC3=O)C2N. The van der Waals surface area contributed by atoms with Crippen LogP contribution in [0.25, 0.3) is 0 Å². The molecule has 1 aliphatic heterocycles. The Labute approximate surface area is 148 Å². The Bertz CT molecular complexity index is 769. The molecule has 0 spiro atoms. The van der Waals surface area contributed by atoms with Crippen LogP contribution in [0.5, 0.6) is 11.5 Å². The van der Waals surface area contributed by atoms with Gasteiger partial charge in [0.05, 0.1) is 6.04 Å². The number of fused-ring (bicyclic) bond motifs is 1. The first-order valence-corrected chi connectivity index (χ1v) is 9.19. The minimum atomic E-state index is -0.894. The quantitative estimate of drug-likeness (QED) is 0.537. The van der Waals surface area contributed by atoms with Crippen LogP contribution in [-0.2, 0) is 14.9 Å². The Hall–Kier alpha value is -1.75. The van der Waals surface area contributed by atoms with Gasteiger partial charge in [0.25, 0.3) is 0 Å². The maximum atomic E-state index is 13.0. The molecule has 0 aromatic heterocycles. The molecule has 2 bridgehead atoms. The molecule has 1 saturated heterocycles. The second-order valence-corrected chi connectivity index (χ2v) is 8.97. The Balaban J connectivity index is 2.06. The average molecular weight is 345 g/mol. The highest BCUT2D eigenvalue weighted by atomic mass is 16.6. The second-order valence-electron chi connectivity index (χ2n) is 8.97. The number of aromatic hydroxyl groups is 2. The first-order chi connectivity index (χ1) is 11.6. The van der Waals surface area contributed by atoms with Gasteiger partial charge in [0.2, 0.25) is 0 Å². The number of nitrogens with two attached hydrogens (primary N) is 1. The van der Waals surface area contributed by atoms with Crippen molar-refractivity contribution in [3.05, 3.63) is 22.8 Å². The number of carbonyl (C=O) groups is 1. The summed E-state index contributed by atoms with van der Waals surface area (Å²) in [5.74, 6) is -0.654. The Morgan fingerprint density at radius 1 is 1.24 bits per heavy atom. The van der Waals surface area contributed by atoms with E-state index >= 15 is 0 Å². The van der Waals surface area contributed by atoms with Crippen LogP contribution in [-0.4, -0.2) is 22.3 Å². The van der Waals surface area contributed by atoms with Gasteiger partial charge in [0, 0.05) is 17.0 Å². The molecule has 3 aliphatic rings. The maximum Gasteiger partial charge on any atom is 0.317 e. The van der Waals surface area contributed by atoms with Crippen LogP contribution < -0.4 is 5.73 Å². The standard InChI is InChI=1S/C20H27NO4/c1-9(2)10-8-11-12(15(23)14(10)22)20-7-5-6-19(3,4)17(20)16(13(11)21)25-18(20)24/h8-9,13,16-17,22-23H,5-7,21H2,1-4H3. The number of hydrogen-bond donors (Lipinski definition) is 3. The van der Waals surface area contributed by atoms with Crippen LogP contribution in [0.2, 0.25) is 0 Å². The lowest BCUT2D eigenvalue weighted by Gasteiger charge is -2.51. The smallest absolute Gasteiger partial charge is 0.317 e. The van der Waals surface area contributed by atoms with Crippen molar-refractivity contribution in [1.82, 2.24) is 0 Å². The van der Waals surface area contributed by atoms with Crippen molar-refractivity contribution in [1.29, 1.82) is 0 Å². The molecule has 4 unspecified atom stereocenters. The highest BCUT2D eigenvalue weighted by Crippen LogP contribution is 2.66. The largest absolute Gasteiger partial charge is 0.504 e. The fraction of sp³-hybridized carbons (Fsp3) is 0.650. The minimum absolute atomic E-state index is 0.0377. The van der Waals surface area contributed by atoms with Gasteiger partial charge in [0.1, 0.15) is 11.5 Å². The topological polar surface area (TPSA) is 92.8 Å². The Morgan fingerprint density at radius 3 is 2.56 bits per heavy atom. The third-order valence-electron chi connectivity index (χ3n) is 6.82. The number of phenolic OH excluding ortho intramolecular Hbond substituents is 2. The number of benzene rings is 1. The van der Waals surface area contributed by atoms with Gasteiger partial charge in [-0.1, -0.05) is 34.1 Å². The molecular weight excluding hydrogens is 318 g/mol. The van der Waals surface area contributed by atoms with Crippen LogP contribution in [0, 0.1) is 11.3 Å². The van der Waals surface area contributed by atoms with E-state index < -0.39 is 11.5 Å². The van der Waals surface area contributed by atoms with Crippen molar-refractivity contribution >= 4 is 5.97 Å². The number of rotatable bonds is 1. The van der Waals surface area contributed by atoms with Gasteiger partial charge in [-0.15, -0.1) is 0 Å². The van der Waals surface area contributed by atoms with Crippen molar-refractivity contribution < 1.29 is 19.7 Å². The van der Waals surface area contributed by atoms with E-state index in [1.165, 1.54) is 0 Å². The molecule has 1 saturated carbocycles. The fourth-order valence-electron chi connectivity index (χ4n) is 5.76. The lowest BCUT2D eigenvalue weighted by molar-refractivity contribution is -0.146. The molecule has 1 aromatic rings. The zero-order chi connectivity index (χ0) is 18.3. The molecule has 0 amide bonds. The summed E-state index contributed by atoms with van der Waals surface area (Å²) in [6, 6.07) is 1.38. The third kappa shape index (κ3) is 1.85. The predicted octanol–water partition coefficient (Wildman–Crippen LogP) is 3.22. The van der Waals surface area contributed by atoms with E-state index in [2.05, 4.69) is 13.8 Å². The molecule has 1 heterocycles. The van der Waals surface area contributed by atoms with E-state index in [-0.39, 0.29) is 40.8 Å². The zero-order valence-corrected chi connectivity index (χ0v) is 15.3. The molecule has 4 atom stereocenters. The van der Waals surface area contributed by atoms with Gasteiger partial charge in [-0.2, -0.15) is 0 Å². The molecule has 5 nitrogen and oxygen atoms in total. The van der Waals surface area contributed by atoms with Gasteiger partial charge in [-0.3, -0.25) is 4.79 Å². The third-order valence-corrected chi connectivity index (χ3v) is 6.82. The molecule has 1 aromatic carbocycles. The van der Waals surface area contributed by atoms with E-state index in [1.807, 2.05) is 19.9 Å². The summed E-state index contributed by atoms with van der Waals surface area (Å²) in [6.07, 6.45) is 2.13. The molecule has 4 rings (SSSR count). The van der Waals surface area contributed by atoms with Crippen LogP contribution in [0.15, 0.2) is 6.07 Å². The minimum Gasteiger partial charge on any atom is -0.504 e. The second kappa shape index (κ2) is 4.91. The fourth-order valence-corrected chi connectivity index (χ4v) is 5.76. The lowest BCUT2D eigenvalue weighted by Crippen LogP contribution is -2.55. The number of carbonyl (C=O) groups excluding carboxylic acids is 1. The molecule has 2 aliphatic carbocycles. The highest BCUT2D eigenvalue weighted by molar-refractivity contribution is 5.90. The predicted molar refractivity (Wildman–Crippen MR) is 93.5 cm³/mol. The van der Waals surface area contributed by atoms with Gasteiger partial charge in [0.15, 0.2) is 11.5 Å². The molecule has 136 valence electrons. The van der Waals surface area contributed by atoms with Crippen molar-refractivity contribution in [3.8, 4) is 11.5 Å². The van der Waals surface area contributed by atoms with Crippen LogP contribution in [0.1, 0.15) is 75.6 Å². The summed E-state index contributed by atoms with van der Waals surface area (Å²) >= 11 is 0. The van der Waals surface area contributed by atoms with E-state index in [4.69, 9.17) is 10.5 Å². The van der Waals surface area contributed by atoms with Gasteiger partial charge in [-0.05, 0) is 35.8 Å². The molecular formula is C20H27NO4. The monoisotopic (exact) mass is 345 g/mol. The van der Waals surface area contributed by atoms with Gasteiger partial charge < -0.3 is 20.7 Å². The average Bonchev–Trinajstić information content (AvgIpc) is 2.79. The van der Waals surface area contributed by atoms with E-state index in [1.54, 1.807) is 0 Å². The Kier molecular flexibility index (Phi) is 3.28. The van der Waals surface area contributed by atoms with Crippen LogP contribution in [0.3, 0.4) is 0 Å². The van der Waals surface area contributed by atoms with Crippen molar-refractivity contribution in [2.45, 2.75) is 70.4 Å². The normalized spacial score (nSPS) is 35.3. The van der Waals surface area contributed by atoms with Crippen molar-refractivity contribution in [2.24, 2.45) is 17.1 Å². The highest BCUT2D eigenvalue weighted by Gasteiger charge is 2.69. The van der Waals surface area contributed by atoms with E-state index in [0.29, 0.717) is 17.5 Å². The van der Waals surface area contributed by atoms with Gasteiger partial charge >= 0.3 is 5.97 Å². The first kappa shape index (κ1) is 16.7. The molecule has 2 fully saturated rings. The summed E-state index contributed by atoms with van der Waals surface area (Å²) in [5, 5.41) is 21.5. The maximum absolute atomic E-state index is 13.0.